The molecule has 0 amide bonds. The van der Waals surface area contributed by atoms with E-state index < -0.39 is 9.84 Å². The number of ether oxygens (including phenoxy) is 1. The topological polar surface area (TPSA) is 84.4 Å². The van der Waals surface area contributed by atoms with Gasteiger partial charge in [0.05, 0.1) is 23.9 Å². The Labute approximate surface area is 148 Å². The SMILES string of the molecule is COc1cnc(S(=O)(=O)c2cccnc2)cc1NC1CCN(C)CC1. The number of aromatic nitrogens is 2. The van der Waals surface area contributed by atoms with Gasteiger partial charge in [0.1, 0.15) is 0 Å². The number of sulfone groups is 1. The lowest BCUT2D eigenvalue weighted by molar-refractivity contribution is 0.263. The lowest BCUT2D eigenvalue weighted by Crippen LogP contribution is -2.36. The van der Waals surface area contributed by atoms with Crippen LogP contribution in [0.3, 0.4) is 0 Å². The number of nitrogens with zero attached hydrogens (tertiary/aromatic N) is 3. The second kappa shape index (κ2) is 7.37. The van der Waals surface area contributed by atoms with E-state index in [2.05, 4.69) is 27.2 Å². The third-order valence-corrected chi connectivity index (χ3v) is 6.00. The minimum Gasteiger partial charge on any atom is -0.493 e. The Morgan fingerprint density at radius 2 is 2.04 bits per heavy atom. The van der Waals surface area contributed by atoms with Crippen LogP contribution in [-0.2, 0) is 9.84 Å². The van der Waals surface area contributed by atoms with Crippen molar-refractivity contribution in [1.82, 2.24) is 14.9 Å². The maximum atomic E-state index is 12.7. The second-order valence-corrected chi connectivity index (χ2v) is 8.03. The van der Waals surface area contributed by atoms with E-state index in [0.29, 0.717) is 11.4 Å². The number of hydrogen-bond donors (Lipinski definition) is 1. The molecule has 3 rings (SSSR count). The zero-order chi connectivity index (χ0) is 17.9. The number of rotatable bonds is 5. The molecule has 1 aliphatic heterocycles. The average molecular weight is 362 g/mol. The Kier molecular flexibility index (Phi) is 5.19. The van der Waals surface area contributed by atoms with E-state index in [1.54, 1.807) is 19.2 Å². The van der Waals surface area contributed by atoms with Crippen molar-refractivity contribution >= 4 is 15.5 Å². The highest BCUT2D eigenvalue weighted by molar-refractivity contribution is 7.91. The predicted molar refractivity (Wildman–Crippen MR) is 94.6 cm³/mol. The van der Waals surface area contributed by atoms with Gasteiger partial charge in [0.2, 0.25) is 9.84 Å². The van der Waals surface area contributed by atoms with Gasteiger partial charge in [-0.3, -0.25) is 4.98 Å². The van der Waals surface area contributed by atoms with E-state index in [9.17, 15) is 8.42 Å². The van der Waals surface area contributed by atoms with Crippen LogP contribution in [0, 0.1) is 0 Å². The lowest BCUT2D eigenvalue weighted by Gasteiger charge is -2.30. The summed E-state index contributed by atoms with van der Waals surface area (Å²) in [6, 6.07) is 4.92. The summed E-state index contributed by atoms with van der Waals surface area (Å²) in [6.45, 7) is 2.01. The van der Waals surface area contributed by atoms with Crippen molar-refractivity contribution in [1.29, 1.82) is 0 Å². The summed E-state index contributed by atoms with van der Waals surface area (Å²) in [5, 5.41) is 3.40. The molecular weight excluding hydrogens is 340 g/mol. The number of methoxy groups -OCH3 is 1. The summed E-state index contributed by atoms with van der Waals surface area (Å²) in [5.74, 6) is 0.532. The van der Waals surface area contributed by atoms with Crippen LogP contribution in [0.1, 0.15) is 12.8 Å². The molecule has 0 radical (unpaired) electrons. The van der Waals surface area contributed by atoms with Crippen molar-refractivity contribution in [2.75, 3.05) is 32.6 Å². The van der Waals surface area contributed by atoms with Crippen LogP contribution in [0.5, 0.6) is 5.75 Å². The minimum absolute atomic E-state index is 0.0169. The highest BCUT2D eigenvalue weighted by Crippen LogP contribution is 2.29. The standard InChI is InChI=1S/C17H22N4O3S/c1-21-8-5-13(6-9-21)20-15-10-17(19-12-16(15)24-2)25(22,23)14-4-3-7-18-11-14/h3-4,7,10-13H,5-6,8-9H2,1-2H3,(H,19,20). The van der Waals surface area contributed by atoms with Gasteiger partial charge in [-0.25, -0.2) is 13.4 Å². The molecule has 0 unspecified atom stereocenters. The zero-order valence-corrected chi connectivity index (χ0v) is 15.2. The summed E-state index contributed by atoms with van der Waals surface area (Å²) in [6.07, 6.45) is 6.29. The van der Waals surface area contributed by atoms with Crippen LogP contribution >= 0.6 is 0 Å². The highest BCUT2D eigenvalue weighted by Gasteiger charge is 2.23. The van der Waals surface area contributed by atoms with Gasteiger partial charge in [-0.2, -0.15) is 0 Å². The Morgan fingerprint density at radius 1 is 1.28 bits per heavy atom. The summed E-state index contributed by atoms with van der Waals surface area (Å²) >= 11 is 0. The minimum atomic E-state index is -3.71. The predicted octanol–water partition coefficient (Wildman–Crippen LogP) is 1.82. The van der Waals surface area contributed by atoms with Gasteiger partial charge in [0, 0.05) is 24.5 Å². The normalized spacial score (nSPS) is 16.6. The average Bonchev–Trinajstić information content (AvgIpc) is 2.64. The maximum Gasteiger partial charge on any atom is 0.225 e. The number of nitrogens with one attached hydrogen (secondary N) is 1. The smallest absolute Gasteiger partial charge is 0.225 e. The first-order valence-corrected chi connectivity index (χ1v) is 9.63. The number of likely N-dealkylation sites (tertiary alicyclic amines) is 1. The van der Waals surface area contributed by atoms with Crippen molar-refractivity contribution in [2.45, 2.75) is 28.8 Å². The first-order valence-electron chi connectivity index (χ1n) is 8.15. The van der Waals surface area contributed by atoms with Gasteiger partial charge in [0.25, 0.3) is 0 Å². The molecule has 3 heterocycles. The quantitative estimate of drug-likeness (QED) is 0.868. The second-order valence-electron chi connectivity index (χ2n) is 6.14. The largest absolute Gasteiger partial charge is 0.493 e. The van der Waals surface area contributed by atoms with Gasteiger partial charge >= 0.3 is 0 Å². The van der Waals surface area contributed by atoms with E-state index in [0.717, 1.165) is 25.9 Å². The molecule has 0 aromatic carbocycles. The molecule has 134 valence electrons. The number of hydrogen-bond acceptors (Lipinski definition) is 7. The molecule has 2 aromatic rings. The summed E-state index contributed by atoms with van der Waals surface area (Å²) in [7, 11) is -0.0667. The molecule has 0 saturated carbocycles. The molecule has 2 aromatic heterocycles. The van der Waals surface area contributed by atoms with Crippen LogP contribution < -0.4 is 10.1 Å². The summed E-state index contributed by atoms with van der Waals surface area (Å²) in [4.78, 5) is 10.4. The molecule has 7 nitrogen and oxygen atoms in total. The fourth-order valence-electron chi connectivity index (χ4n) is 2.85. The zero-order valence-electron chi connectivity index (χ0n) is 14.3. The summed E-state index contributed by atoms with van der Waals surface area (Å²) in [5.41, 5.74) is 0.648. The molecule has 0 bridgehead atoms. The van der Waals surface area contributed by atoms with Gasteiger partial charge in [-0.1, -0.05) is 0 Å². The van der Waals surface area contributed by atoms with Crippen molar-refractivity contribution in [2.24, 2.45) is 0 Å². The van der Waals surface area contributed by atoms with Crippen molar-refractivity contribution in [3.63, 3.8) is 0 Å². The number of anilines is 1. The molecule has 0 spiro atoms. The molecular formula is C17H22N4O3S. The molecule has 1 N–H and O–H groups in total. The van der Waals surface area contributed by atoms with Crippen LogP contribution in [0.25, 0.3) is 0 Å². The van der Waals surface area contributed by atoms with Crippen molar-refractivity contribution < 1.29 is 13.2 Å². The monoisotopic (exact) mass is 362 g/mol. The molecule has 0 aliphatic carbocycles. The van der Waals surface area contributed by atoms with Crippen molar-refractivity contribution in [3.8, 4) is 5.75 Å². The lowest BCUT2D eigenvalue weighted by atomic mass is 10.1. The van der Waals surface area contributed by atoms with Gasteiger partial charge in [-0.15, -0.1) is 0 Å². The molecule has 8 heteroatoms. The Hall–Kier alpha value is -2.19. The first-order chi connectivity index (χ1) is 12.0. The Bertz CT molecular complexity index is 819. The molecule has 1 saturated heterocycles. The number of piperidine rings is 1. The van der Waals surface area contributed by atoms with Gasteiger partial charge < -0.3 is 15.0 Å². The van der Waals surface area contributed by atoms with E-state index in [1.807, 2.05) is 0 Å². The van der Waals surface area contributed by atoms with Crippen LogP contribution in [0.15, 0.2) is 46.7 Å². The van der Waals surface area contributed by atoms with Gasteiger partial charge in [0.15, 0.2) is 10.8 Å². The van der Waals surface area contributed by atoms with E-state index >= 15 is 0 Å². The molecule has 0 atom stereocenters. The van der Waals surface area contributed by atoms with Crippen LogP contribution in [0.4, 0.5) is 5.69 Å². The number of pyridine rings is 2. The fourth-order valence-corrected chi connectivity index (χ4v) is 4.01. The summed E-state index contributed by atoms with van der Waals surface area (Å²) < 4.78 is 30.8. The van der Waals surface area contributed by atoms with E-state index in [-0.39, 0.29) is 16.0 Å². The molecule has 1 fully saturated rings. The van der Waals surface area contributed by atoms with E-state index in [4.69, 9.17) is 4.74 Å². The third kappa shape index (κ3) is 3.91. The fraction of sp³-hybridized carbons (Fsp3) is 0.412. The molecule has 1 aliphatic rings. The Balaban J connectivity index is 1.90. The van der Waals surface area contributed by atoms with Crippen LogP contribution in [-0.4, -0.2) is 56.6 Å². The van der Waals surface area contributed by atoms with E-state index in [1.165, 1.54) is 24.7 Å². The first kappa shape index (κ1) is 17.6. The van der Waals surface area contributed by atoms with Gasteiger partial charge in [-0.05, 0) is 45.1 Å². The Morgan fingerprint density at radius 3 is 2.68 bits per heavy atom. The maximum absolute atomic E-state index is 12.7. The third-order valence-electron chi connectivity index (χ3n) is 4.36. The van der Waals surface area contributed by atoms with Crippen molar-refractivity contribution in [3.05, 3.63) is 36.8 Å². The molecule has 25 heavy (non-hydrogen) atoms. The highest BCUT2D eigenvalue weighted by atomic mass is 32.2. The van der Waals surface area contributed by atoms with Crippen LogP contribution in [0.2, 0.25) is 0 Å².